The number of aromatic nitrogens is 2. The molecule has 0 unspecified atom stereocenters. The lowest BCUT2D eigenvalue weighted by Gasteiger charge is -2.20. The van der Waals surface area contributed by atoms with Crippen LogP contribution in [0.1, 0.15) is 47.8 Å². The van der Waals surface area contributed by atoms with Crippen molar-refractivity contribution < 1.29 is 9.59 Å². The summed E-state index contributed by atoms with van der Waals surface area (Å²) in [6.07, 6.45) is 3.62. The lowest BCUT2D eigenvalue weighted by molar-refractivity contribution is -0.115. The molecule has 1 aromatic heterocycles. The van der Waals surface area contributed by atoms with Crippen molar-refractivity contribution in [3.05, 3.63) is 107 Å². The van der Waals surface area contributed by atoms with E-state index in [1.807, 2.05) is 61.5 Å². The Morgan fingerprint density at radius 1 is 0.886 bits per heavy atom. The number of nitrogens with one attached hydrogen (secondary N) is 2. The molecule has 0 aliphatic rings. The summed E-state index contributed by atoms with van der Waals surface area (Å²) in [4.78, 5) is 25.3. The molecule has 0 saturated heterocycles. The zero-order chi connectivity index (χ0) is 25.0. The molecule has 3 aromatic carbocycles. The minimum absolute atomic E-state index is 0.00604. The van der Waals surface area contributed by atoms with Gasteiger partial charge in [-0.1, -0.05) is 68.8 Å². The van der Waals surface area contributed by atoms with E-state index in [0.717, 1.165) is 28.1 Å². The molecule has 4 aromatic rings. The van der Waals surface area contributed by atoms with Crippen molar-refractivity contribution in [1.82, 2.24) is 9.78 Å². The number of aryl methyl sites for hydroxylation is 1. The largest absolute Gasteiger partial charge is 0.323 e. The maximum atomic E-state index is 12.9. The highest BCUT2D eigenvalue weighted by molar-refractivity contribution is 6.04. The van der Waals surface area contributed by atoms with Crippen molar-refractivity contribution in [2.24, 2.45) is 0 Å². The molecule has 0 aliphatic carbocycles. The predicted octanol–water partition coefficient (Wildman–Crippen LogP) is 5.91. The Bertz CT molecular complexity index is 1360. The average molecular weight is 467 g/mol. The van der Waals surface area contributed by atoms with Gasteiger partial charge in [0, 0.05) is 11.3 Å². The molecule has 35 heavy (non-hydrogen) atoms. The molecule has 0 fully saturated rings. The van der Waals surface area contributed by atoms with Gasteiger partial charge in [0.25, 0.3) is 5.91 Å². The lowest BCUT2D eigenvalue weighted by Crippen LogP contribution is -2.15. The monoisotopic (exact) mass is 466 g/mol. The van der Waals surface area contributed by atoms with Crippen LogP contribution in [0.25, 0.3) is 5.69 Å². The fraction of sp³-hybridized carbons (Fsp3) is 0.207. The molecule has 2 amide bonds. The van der Waals surface area contributed by atoms with Crippen LogP contribution in [0.2, 0.25) is 0 Å². The van der Waals surface area contributed by atoms with E-state index in [1.165, 1.54) is 0 Å². The van der Waals surface area contributed by atoms with Gasteiger partial charge in [0.2, 0.25) is 5.91 Å². The lowest BCUT2D eigenvalue weighted by atomic mass is 9.87. The molecule has 178 valence electrons. The maximum absolute atomic E-state index is 12.9. The van der Waals surface area contributed by atoms with E-state index in [-0.39, 0.29) is 17.2 Å². The van der Waals surface area contributed by atoms with Gasteiger partial charge in [0.05, 0.1) is 30.2 Å². The third-order valence-electron chi connectivity index (χ3n) is 5.67. The van der Waals surface area contributed by atoms with Crippen LogP contribution in [0.15, 0.2) is 85.2 Å². The van der Waals surface area contributed by atoms with Gasteiger partial charge in [0.15, 0.2) is 0 Å². The van der Waals surface area contributed by atoms with Crippen molar-refractivity contribution in [2.75, 3.05) is 10.6 Å². The molecule has 0 bridgehead atoms. The summed E-state index contributed by atoms with van der Waals surface area (Å²) in [5, 5.41) is 10.2. The first-order valence-corrected chi connectivity index (χ1v) is 11.6. The van der Waals surface area contributed by atoms with Gasteiger partial charge in [-0.3, -0.25) is 9.59 Å². The second-order valence-electron chi connectivity index (χ2n) is 9.72. The van der Waals surface area contributed by atoms with Crippen molar-refractivity contribution in [3.8, 4) is 5.69 Å². The Hall–Kier alpha value is -4.19. The Labute approximate surface area is 206 Å². The summed E-state index contributed by atoms with van der Waals surface area (Å²) >= 11 is 0. The fourth-order valence-electron chi connectivity index (χ4n) is 3.80. The van der Waals surface area contributed by atoms with Crippen LogP contribution in [0.3, 0.4) is 0 Å². The SMILES string of the molecule is Cc1cccc(CC(=O)Nc2cnn(-c3cccc(C(=O)Nc4cccc(C(C)(C)C)c4)c3)c2)c1. The number of hydrogen-bond donors (Lipinski definition) is 2. The summed E-state index contributed by atoms with van der Waals surface area (Å²) in [5.41, 5.74) is 5.81. The highest BCUT2D eigenvalue weighted by atomic mass is 16.2. The minimum Gasteiger partial charge on any atom is -0.323 e. The molecule has 6 heteroatoms. The molecular formula is C29H30N4O2. The third-order valence-corrected chi connectivity index (χ3v) is 5.67. The fourth-order valence-corrected chi connectivity index (χ4v) is 3.80. The number of nitrogens with zero attached hydrogens (tertiary/aromatic N) is 2. The van der Waals surface area contributed by atoms with Crippen LogP contribution < -0.4 is 10.6 Å². The average Bonchev–Trinajstić information content (AvgIpc) is 3.27. The van der Waals surface area contributed by atoms with Crippen LogP contribution in [-0.4, -0.2) is 21.6 Å². The molecule has 0 saturated carbocycles. The Balaban J connectivity index is 1.44. The summed E-state index contributed by atoms with van der Waals surface area (Å²) in [7, 11) is 0. The van der Waals surface area contributed by atoms with Gasteiger partial charge in [-0.05, 0) is 53.8 Å². The van der Waals surface area contributed by atoms with Gasteiger partial charge >= 0.3 is 0 Å². The highest BCUT2D eigenvalue weighted by Crippen LogP contribution is 2.25. The molecule has 6 nitrogen and oxygen atoms in total. The van der Waals surface area contributed by atoms with Crippen LogP contribution >= 0.6 is 0 Å². The van der Waals surface area contributed by atoms with E-state index in [2.05, 4.69) is 42.6 Å². The first-order valence-electron chi connectivity index (χ1n) is 11.6. The number of carbonyl (C=O) groups excluding carboxylic acids is 2. The number of benzene rings is 3. The van der Waals surface area contributed by atoms with E-state index < -0.39 is 0 Å². The minimum atomic E-state index is -0.197. The zero-order valence-electron chi connectivity index (χ0n) is 20.5. The summed E-state index contributed by atoms with van der Waals surface area (Å²) in [5.74, 6) is -0.308. The number of amides is 2. The molecule has 0 atom stereocenters. The molecule has 4 rings (SSSR count). The zero-order valence-corrected chi connectivity index (χ0v) is 20.5. The Morgan fingerprint density at radius 3 is 2.43 bits per heavy atom. The van der Waals surface area contributed by atoms with Crippen molar-refractivity contribution in [1.29, 1.82) is 0 Å². The number of rotatable bonds is 6. The molecule has 1 heterocycles. The maximum Gasteiger partial charge on any atom is 0.255 e. The highest BCUT2D eigenvalue weighted by Gasteiger charge is 2.15. The molecule has 2 N–H and O–H groups in total. The van der Waals surface area contributed by atoms with E-state index in [4.69, 9.17) is 0 Å². The molecule has 0 aliphatic heterocycles. The van der Waals surface area contributed by atoms with Crippen molar-refractivity contribution in [2.45, 2.75) is 39.5 Å². The second kappa shape index (κ2) is 9.97. The first kappa shape index (κ1) is 24.0. The predicted molar refractivity (Wildman–Crippen MR) is 140 cm³/mol. The van der Waals surface area contributed by atoms with Crippen LogP contribution in [-0.2, 0) is 16.6 Å². The Kier molecular flexibility index (Phi) is 6.82. The van der Waals surface area contributed by atoms with Crippen molar-refractivity contribution in [3.63, 3.8) is 0 Å². The summed E-state index contributed by atoms with van der Waals surface area (Å²) in [6.45, 7) is 8.42. The van der Waals surface area contributed by atoms with Gasteiger partial charge < -0.3 is 10.6 Å². The normalized spacial score (nSPS) is 11.2. The van der Waals surface area contributed by atoms with Gasteiger partial charge in [0.1, 0.15) is 0 Å². The second-order valence-corrected chi connectivity index (χ2v) is 9.72. The van der Waals surface area contributed by atoms with Gasteiger partial charge in [-0.15, -0.1) is 0 Å². The van der Waals surface area contributed by atoms with Crippen molar-refractivity contribution >= 4 is 23.2 Å². The van der Waals surface area contributed by atoms with Gasteiger partial charge in [-0.2, -0.15) is 5.10 Å². The smallest absolute Gasteiger partial charge is 0.255 e. The summed E-state index contributed by atoms with van der Waals surface area (Å²) < 4.78 is 1.64. The summed E-state index contributed by atoms with van der Waals surface area (Å²) in [6, 6.07) is 23.0. The third kappa shape index (κ3) is 6.23. The van der Waals surface area contributed by atoms with E-state index in [0.29, 0.717) is 17.7 Å². The van der Waals surface area contributed by atoms with Crippen LogP contribution in [0.4, 0.5) is 11.4 Å². The standard InChI is InChI=1S/C29H30N4O2/c1-20-8-5-9-21(14-20)15-27(34)31-25-18-30-33(19-25)26-13-6-10-22(16-26)28(35)32-24-12-7-11-23(17-24)29(2,3)4/h5-14,16-19H,15H2,1-4H3,(H,31,34)(H,32,35). The van der Waals surface area contributed by atoms with E-state index >= 15 is 0 Å². The van der Waals surface area contributed by atoms with E-state index in [9.17, 15) is 9.59 Å². The topological polar surface area (TPSA) is 76.0 Å². The Morgan fingerprint density at radius 2 is 1.66 bits per heavy atom. The first-order chi connectivity index (χ1) is 16.7. The quantitative estimate of drug-likeness (QED) is 0.371. The van der Waals surface area contributed by atoms with Crippen LogP contribution in [0.5, 0.6) is 0 Å². The number of anilines is 2. The van der Waals surface area contributed by atoms with E-state index in [1.54, 1.807) is 29.2 Å². The molecular weight excluding hydrogens is 436 g/mol. The number of hydrogen-bond acceptors (Lipinski definition) is 3. The number of carbonyl (C=O) groups is 2. The van der Waals surface area contributed by atoms with Gasteiger partial charge in [-0.25, -0.2) is 4.68 Å². The molecule has 0 radical (unpaired) electrons. The molecule has 0 spiro atoms. The van der Waals surface area contributed by atoms with Crippen LogP contribution in [0, 0.1) is 6.92 Å².